The quantitative estimate of drug-likeness (QED) is 0.847. The standard InChI is InChI=1S/C15H19ClFNO3/c16-12-3-2-11(7-13(12)17)14(8-19)18-15(20)4-1-10-5-6-21-9-10/h2-3,7,10,14,19H,1,4-6,8-9H2,(H,18,20)/t10-,14+/m0/s1. The summed E-state index contributed by atoms with van der Waals surface area (Å²) >= 11 is 5.62. The van der Waals surface area contributed by atoms with E-state index in [4.69, 9.17) is 16.3 Å². The van der Waals surface area contributed by atoms with E-state index in [1.54, 1.807) is 6.07 Å². The average Bonchev–Trinajstić information content (AvgIpc) is 2.99. The molecule has 0 radical (unpaired) electrons. The van der Waals surface area contributed by atoms with Gasteiger partial charge in [0.15, 0.2) is 0 Å². The number of carbonyl (C=O) groups excluding carboxylic acids is 1. The van der Waals surface area contributed by atoms with Crippen LogP contribution in [0.1, 0.15) is 30.9 Å². The highest BCUT2D eigenvalue weighted by Crippen LogP contribution is 2.21. The molecule has 0 unspecified atom stereocenters. The lowest BCUT2D eigenvalue weighted by atomic mass is 10.0. The molecular formula is C15H19ClFNO3. The van der Waals surface area contributed by atoms with Gasteiger partial charge in [0.2, 0.25) is 5.91 Å². The van der Waals surface area contributed by atoms with Crippen molar-refractivity contribution in [2.45, 2.75) is 25.3 Å². The molecule has 0 aromatic heterocycles. The van der Waals surface area contributed by atoms with Gasteiger partial charge in [0, 0.05) is 19.6 Å². The predicted molar refractivity (Wildman–Crippen MR) is 77.5 cm³/mol. The van der Waals surface area contributed by atoms with Gasteiger partial charge in [-0.25, -0.2) is 4.39 Å². The molecule has 6 heteroatoms. The zero-order valence-corrected chi connectivity index (χ0v) is 12.4. The number of ether oxygens (including phenoxy) is 1. The minimum absolute atomic E-state index is 0.0167. The minimum atomic E-state index is -0.621. The number of aliphatic hydroxyl groups excluding tert-OH is 1. The molecule has 0 aliphatic carbocycles. The van der Waals surface area contributed by atoms with Crippen LogP contribution in [0.15, 0.2) is 18.2 Å². The van der Waals surface area contributed by atoms with Crippen LogP contribution in [-0.4, -0.2) is 30.8 Å². The molecule has 4 nitrogen and oxygen atoms in total. The Morgan fingerprint density at radius 1 is 1.57 bits per heavy atom. The number of halogens is 2. The van der Waals surface area contributed by atoms with Gasteiger partial charge in [-0.15, -0.1) is 0 Å². The number of aliphatic hydroxyl groups is 1. The van der Waals surface area contributed by atoms with Crippen molar-refractivity contribution >= 4 is 17.5 Å². The van der Waals surface area contributed by atoms with Crippen molar-refractivity contribution in [2.24, 2.45) is 5.92 Å². The van der Waals surface area contributed by atoms with Gasteiger partial charge in [0.1, 0.15) is 5.82 Å². The van der Waals surface area contributed by atoms with Gasteiger partial charge in [-0.3, -0.25) is 4.79 Å². The van der Waals surface area contributed by atoms with Gasteiger partial charge >= 0.3 is 0 Å². The second kappa shape index (κ2) is 7.73. The number of nitrogens with one attached hydrogen (secondary N) is 1. The molecule has 116 valence electrons. The topological polar surface area (TPSA) is 58.6 Å². The molecule has 1 aliphatic heterocycles. The first-order chi connectivity index (χ1) is 10.1. The number of amides is 1. The van der Waals surface area contributed by atoms with Crippen molar-refractivity contribution in [3.8, 4) is 0 Å². The molecule has 21 heavy (non-hydrogen) atoms. The van der Waals surface area contributed by atoms with Crippen LogP contribution in [0.2, 0.25) is 5.02 Å². The number of benzene rings is 1. The molecule has 1 saturated heterocycles. The Morgan fingerprint density at radius 3 is 3.00 bits per heavy atom. The first-order valence-electron chi connectivity index (χ1n) is 7.03. The summed E-state index contributed by atoms with van der Waals surface area (Å²) in [5, 5.41) is 12.1. The summed E-state index contributed by atoms with van der Waals surface area (Å²) in [6.45, 7) is 1.17. The number of carbonyl (C=O) groups is 1. The second-order valence-corrected chi connectivity index (χ2v) is 5.65. The van der Waals surface area contributed by atoms with Crippen LogP contribution in [0.5, 0.6) is 0 Å². The lowest BCUT2D eigenvalue weighted by Crippen LogP contribution is -2.31. The highest BCUT2D eigenvalue weighted by molar-refractivity contribution is 6.30. The van der Waals surface area contributed by atoms with E-state index in [9.17, 15) is 14.3 Å². The molecular weight excluding hydrogens is 297 g/mol. The highest BCUT2D eigenvalue weighted by atomic mass is 35.5. The van der Waals surface area contributed by atoms with Gasteiger partial charge in [-0.1, -0.05) is 17.7 Å². The lowest BCUT2D eigenvalue weighted by Gasteiger charge is -2.17. The molecule has 2 rings (SSSR count). The van der Waals surface area contributed by atoms with E-state index in [0.29, 0.717) is 24.5 Å². The Hall–Kier alpha value is -1.17. The molecule has 0 spiro atoms. The fraction of sp³-hybridized carbons (Fsp3) is 0.533. The van der Waals surface area contributed by atoms with Crippen LogP contribution < -0.4 is 5.32 Å². The molecule has 0 bridgehead atoms. The maximum atomic E-state index is 13.4. The molecule has 0 saturated carbocycles. The smallest absolute Gasteiger partial charge is 0.220 e. The van der Waals surface area contributed by atoms with E-state index in [0.717, 1.165) is 19.4 Å². The Morgan fingerprint density at radius 2 is 2.38 bits per heavy atom. The molecule has 1 aliphatic rings. The maximum Gasteiger partial charge on any atom is 0.220 e. The van der Waals surface area contributed by atoms with Gasteiger partial charge in [-0.05, 0) is 36.5 Å². The molecule has 1 aromatic rings. The Labute approximate surface area is 128 Å². The summed E-state index contributed by atoms with van der Waals surface area (Å²) < 4.78 is 18.7. The van der Waals surface area contributed by atoms with E-state index in [2.05, 4.69) is 5.32 Å². The fourth-order valence-electron chi connectivity index (χ4n) is 2.38. The number of rotatable bonds is 6. The maximum absolute atomic E-state index is 13.4. The van der Waals surface area contributed by atoms with Gasteiger partial charge < -0.3 is 15.2 Å². The van der Waals surface area contributed by atoms with Gasteiger partial charge in [0.05, 0.1) is 17.7 Å². The van der Waals surface area contributed by atoms with Crippen LogP contribution >= 0.6 is 11.6 Å². The van der Waals surface area contributed by atoms with Crippen molar-refractivity contribution < 1.29 is 19.0 Å². The average molecular weight is 316 g/mol. The second-order valence-electron chi connectivity index (χ2n) is 5.24. The zero-order valence-electron chi connectivity index (χ0n) is 11.6. The van der Waals surface area contributed by atoms with Crippen LogP contribution in [0.4, 0.5) is 4.39 Å². The predicted octanol–water partition coefficient (Wildman–Crippen LogP) is 2.45. The van der Waals surface area contributed by atoms with Crippen LogP contribution in [0.3, 0.4) is 0 Å². The zero-order chi connectivity index (χ0) is 15.2. The summed E-state index contributed by atoms with van der Waals surface area (Å²) in [5.74, 6) is -0.294. The van der Waals surface area contributed by atoms with Crippen LogP contribution in [0, 0.1) is 11.7 Å². The Kier molecular flexibility index (Phi) is 5.96. The van der Waals surface area contributed by atoms with Crippen molar-refractivity contribution in [3.63, 3.8) is 0 Å². The van der Waals surface area contributed by atoms with Crippen LogP contribution in [0.25, 0.3) is 0 Å². The summed E-state index contributed by atoms with van der Waals surface area (Å²) in [6, 6.07) is 3.62. The van der Waals surface area contributed by atoms with Crippen molar-refractivity contribution in [1.82, 2.24) is 5.32 Å². The number of hydrogen-bond donors (Lipinski definition) is 2. The van der Waals surface area contributed by atoms with Crippen molar-refractivity contribution in [3.05, 3.63) is 34.6 Å². The fourth-order valence-corrected chi connectivity index (χ4v) is 2.49. The molecule has 1 aromatic carbocycles. The normalized spacial score (nSPS) is 19.5. The number of hydrogen-bond acceptors (Lipinski definition) is 3. The van der Waals surface area contributed by atoms with E-state index in [1.807, 2.05) is 0 Å². The minimum Gasteiger partial charge on any atom is -0.394 e. The van der Waals surface area contributed by atoms with E-state index in [1.165, 1.54) is 12.1 Å². The monoisotopic (exact) mass is 315 g/mol. The molecule has 2 atom stereocenters. The third-order valence-corrected chi connectivity index (χ3v) is 3.97. The summed E-state index contributed by atoms with van der Waals surface area (Å²) in [4.78, 5) is 11.9. The summed E-state index contributed by atoms with van der Waals surface area (Å²) in [7, 11) is 0. The van der Waals surface area contributed by atoms with Crippen molar-refractivity contribution in [1.29, 1.82) is 0 Å². The van der Waals surface area contributed by atoms with Gasteiger partial charge in [-0.2, -0.15) is 0 Å². The van der Waals surface area contributed by atoms with Crippen LogP contribution in [-0.2, 0) is 9.53 Å². The third kappa shape index (κ3) is 4.66. The molecule has 2 N–H and O–H groups in total. The summed E-state index contributed by atoms with van der Waals surface area (Å²) in [5.41, 5.74) is 0.497. The van der Waals surface area contributed by atoms with E-state index < -0.39 is 11.9 Å². The Bertz CT molecular complexity index is 492. The van der Waals surface area contributed by atoms with E-state index >= 15 is 0 Å². The van der Waals surface area contributed by atoms with E-state index in [-0.39, 0.29) is 17.5 Å². The molecule has 1 heterocycles. The largest absolute Gasteiger partial charge is 0.394 e. The first-order valence-corrected chi connectivity index (χ1v) is 7.41. The lowest BCUT2D eigenvalue weighted by molar-refractivity contribution is -0.122. The highest BCUT2D eigenvalue weighted by Gasteiger charge is 2.19. The van der Waals surface area contributed by atoms with Gasteiger partial charge in [0.25, 0.3) is 0 Å². The van der Waals surface area contributed by atoms with Crippen molar-refractivity contribution in [2.75, 3.05) is 19.8 Å². The Balaban J connectivity index is 1.88. The third-order valence-electron chi connectivity index (χ3n) is 3.67. The first kappa shape index (κ1) is 16.2. The summed E-state index contributed by atoms with van der Waals surface area (Å²) in [6.07, 6.45) is 2.12. The molecule has 1 amide bonds. The molecule has 1 fully saturated rings. The SMILES string of the molecule is O=C(CC[C@H]1CCOC1)N[C@H](CO)c1ccc(Cl)c(F)c1.